The second-order valence-electron chi connectivity index (χ2n) is 4.66. The highest BCUT2D eigenvalue weighted by molar-refractivity contribution is 7.88. The molecule has 130 valence electrons. The van der Waals surface area contributed by atoms with Crippen molar-refractivity contribution in [2.24, 2.45) is 5.73 Å². The minimum absolute atomic E-state index is 0. The van der Waals surface area contributed by atoms with Crippen LogP contribution in [0.4, 0.5) is 5.69 Å². The summed E-state index contributed by atoms with van der Waals surface area (Å²) in [4.78, 5) is 23.9. The van der Waals surface area contributed by atoms with Gasteiger partial charge < -0.3 is 16.4 Å². The van der Waals surface area contributed by atoms with Gasteiger partial charge in [0.25, 0.3) is 5.91 Å². The van der Waals surface area contributed by atoms with Crippen LogP contribution in [0.3, 0.4) is 0 Å². The number of carbonyl (C=O) groups is 2. The van der Waals surface area contributed by atoms with E-state index in [9.17, 15) is 18.0 Å². The number of nitrogens with two attached hydrogens (primary N) is 1. The van der Waals surface area contributed by atoms with Crippen LogP contribution >= 0.6 is 12.4 Å². The maximum absolute atomic E-state index is 12.0. The highest BCUT2D eigenvalue weighted by Gasteiger charge is 2.17. The van der Waals surface area contributed by atoms with Gasteiger partial charge in [0.2, 0.25) is 15.9 Å². The number of amides is 2. The third-order valence-corrected chi connectivity index (χ3v) is 4.07. The molecule has 0 spiro atoms. The van der Waals surface area contributed by atoms with E-state index < -0.39 is 15.9 Å². The molecule has 0 bridgehead atoms. The van der Waals surface area contributed by atoms with Gasteiger partial charge in [-0.15, -0.1) is 12.4 Å². The maximum atomic E-state index is 12.0. The fourth-order valence-corrected chi connectivity index (χ4v) is 1.93. The molecule has 0 saturated carbocycles. The largest absolute Gasteiger partial charge is 0.351 e. The smallest absolute Gasteiger partial charge is 0.253 e. The zero-order chi connectivity index (χ0) is 16.8. The fraction of sp³-hybridized carbons (Fsp3) is 0.385. The first-order valence-electron chi connectivity index (χ1n) is 6.54. The number of sulfonamides is 1. The van der Waals surface area contributed by atoms with E-state index in [0.717, 1.165) is 10.6 Å². The van der Waals surface area contributed by atoms with Crippen LogP contribution in [-0.2, 0) is 14.8 Å². The van der Waals surface area contributed by atoms with Gasteiger partial charge in [-0.25, -0.2) is 8.42 Å². The summed E-state index contributed by atoms with van der Waals surface area (Å²) in [5.74, 6) is -0.898. The molecular weight excluding hydrogens is 344 g/mol. The van der Waals surface area contributed by atoms with Gasteiger partial charge in [0.05, 0.1) is 24.1 Å². The summed E-state index contributed by atoms with van der Waals surface area (Å²) in [5.41, 5.74) is 5.92. The van der Waals surface area contributed by atoms with Gasteiger partial charge in [0, 0.05) is 20.1 Å². The van der Waals surface area contributed by atoms with Crippen molar-refractivity contribution in [3.05, 3.63) is 29.8 Å². The molecule has 1 rings (SSSR count). The Hall–Kier alpha value is -1.68. The molecule has 23 heavy (non-hydrogen) atoms. The standard InChI is InChI=1S/C13H20N4O4S.ClH/c1-17(22(2,20)21)9-12(18)16-11-6-4-3-5-10(11)13(19)15-8-7-14;/h3-6H,7-9,14H2,1-2H3,(H,15,19)(H,16,18);1H. The van der Waals surface area contributed by atoms with Crippen molar-refractivity contribution >= 4 is 39.9 Å². The van der Waals surface area contributed by atoms with Gasteiger partial charge in [-0.1, -0.05) is 12.1 Å². The first-order chi connectivity index (χ1) is 10.3. The summed E-state index contributed by atoms with van der Waals surface area (Å²) in [7, 11) is -2.15. The number of anilines is 1. The minimum atomic E-state index is -3.45. The molecule has 8 nitrogen and oxygen atoms in total. The van der Waals surface area contributed by atoms with Gasteiger partial charge in [-0.2, -0.15) is 4.31 Å². The van der Waals surface area contributed by atoms with Crippen molar-refractivity contribution in [1.82, 2.24) is 9.62 Å². The van der Waals surface area contributed by atoms with Crippen LogP contribution in [0.1, 0.15) is 10.4 Å². The second kappa shape index (κ2) is 9.46. The Balaban J connectivity index is 0.00000484. The second-order valence-corrected chi connectivity index (χ2v) is 6.75. The Bertz CT molecular complexity index is 651. The zero-order valence-electron chi connectivity index (χ0n) is 12.9. The van der Waals surface area contributed by atoms with E-state index in [4.69, 9.17) is 5.73 Å². The van der Waals surface area contributed by atoms with Crippen LogP contribution in [0.25, 0.3) is 0 Å². The summed E-state index contributed by atoms with van der Waals surface area (Å²) in [6.07, 6.45) is 1.01. The number of nitrogens with zero attached hydrogens (tertiary/aromatic N) is 1. The number of likely N-dealkylation sites (N-methyl/N-ethyl adjacent to an activating group) is 1. The molecule has 1 aromatic carbocycles. The molecule has 0 aliphatic carbocycles. The molecular formula is C13H21ClN4O4S. The Morgan fingerprint density at radius 2 is 1.87 bits per heavy atom. The van der Waals surface area contributed by atoms with E-state index in [0.29, 0.717) is 18.8 Å². The van der Waals surface area contributed by atoms with Crippen LogP contribution in [0, 0.1) is 0 Å². The van der Waals surface area contributed by atoms with Crippen molar-refractivity contribution in [2.45, 2.75) is 0 Å². The summed E-state index contributed by atoms with van der Waals surface area (Å²) in [5, 5.41) is 5.14. The molecule has 10 heteroatoms. The van der Waals surface area contributed by atoms with Gasteiger partial charge in [0.15, 0.2) is 0 Å². The first kappa shape index (κ1) is 21.3. The van der Waals surface area contributed by atoms with Gasteiger partial charge in [-0.05, 0) is 12.1 Å². The van der Waals surface area contributed by atoms with E-state index in [1.807, 2.05) is 0 Å². The van der Waals surface area contributed by atoms with E-state index >= 15 is 0 Å². The normalized spacial score (nSPS) is 10.8. The number of hydrogen-bond donors (Lipinski definition) is 3. The van der Waals surface area contributed by atoms with E-state index in [2.05, 4.69) is 10.6 Å². The third kappa shape index (κ3) is 6.95. The molecule has 0 unspecified atom stereocenters. The monoisotopic (exact) mass is 364 g/mol. The van der Waals surface area contributed by atoms with Crippen LogP contribution in [-0.4, -0.2) is 57.5 Å². The number of nitrogens with one attached hydrogen (secondary N) is 2. The lowest BCUT2D eigenvalue weighted by atomic mass is 10.1. The molecule has 0 radical (unpaired) electrons. The predicted octanol–water partition coefficient (Wildman–Crippen LogP) is -0.373. The van der Waals surface area contributed by atoms with Crippen molar-refractivity contribution in [1.29, 1.82) is 0 Å². The lowest BCUT2D eigenvalue weighted by Crippen LogP contribution is -2.35. The average Bonchev–Trinajstić information content (AvgIpc) is 2.44. The van der Waals surface area contributed by atoms with Gasteiger partial charge >= 0.3 is 0 Å². The Morgan fingerprint density at radius 1 is 1.26 bits per heavy atom. The highest BCUT2D eigenvalue weighted by Crippen LogP contribution is 2.15. The summed E-state index contributed by atoms with van der Waals surface area (Å²) >= 11 is 0. The lowest BCUT2D eigenvalue weighted by Gasteiger charge is -2.15. The van der Waals surface area contributed by atoms with E-state index in [1.165, 1.54) is 7.05 Å². The predicted molar refractivity (Wildman–Crippen MR) is 91.2 cm³/mol. The molecule has 0 saturated heterocycles. The first-order valence-corrected chi connectivity index (χ1v) is 8.39. The molecule has 0 aromatic heterocycles. The van der Waals surface area contributed by atoms with Crippen LogP contribution < -0.4 is 16.4 Å². The van der Waals surface area contributed by atoms with Crippen molar-refractivity contribution in [3.8, 4) is 0 Å². The number of carbonyl (C=O) groups excluding carboxylic acids is 2. The topological polar surface area (TPSA) is 122 Å². The SMILES string of the molecule is CN(CC(=O)Nc1ccccc1C(=O)NCCN)S(C)(=O)=O.Cl. The molecule has 0 heterocycles. The van der Waals surface area contributed by atoms with Crippen molar-refractivity contribution < 1.29 is 18.0 Å². The third-order valence-electron chi connectivity index (χ3n) is 2.81. The van der Waals surface area contributed by atoms with Crippen LogP contribution in [0.5, 0.6) is 0 Å². The van der Waals surface area contributed by atoms with Crippen LogP contribution in [0.2, 0.25) is 0 Å². The van der Waals surface area contributed by atoms with E-state index in [1.54, 1.807) is 24.3 Å². The number of para-hydroxylation sites is 1. The number of hydrogen-bond acceptors (Lipinski definition) is 5. The van der Waals surface area contributed by atoms with Gasteiger partial charge in [-0.3, -0.25) is 9.59 Å². The summed E-state index contributed by atoms with van der Waals surface area (Å²) in [6.45, 7) is 0.287. The lowest BCUT2D eigenvalue weighted by molar-refractivity contribution is -0.116. The molecule has 4 N–H and O–H groups in total. The maximum Gasteiger partial charge on any atom is 0.253 e. The summed E-state index contributed by atoms with van der Waals surface area (Å²) < 4.78 is 23.5. The summed E-state index contributed by atoms with van der Waals surface area (Å²) in [6, 6.07) is 6.45. The fourth-order valence-electron chi connectivity index (χ4n) is 1.58. The van der Waals surface area contributed by atoms with Gasteiger partial charge in [0.1, 0.15) is 0 Å². The molecule has 1 aromatic rings. The zero-order valence-corrected chi connectivity index (χ0v) is 14.5. The molecule has 2 amide bonds. The molecule has 0 aliphatic heterocycles. The molecule has 0 atom stereocenters. The quantitative estimate of drug-likeness (QED) is 0.609. The number of rotatable bonds is 7. The number of benzene rings is 1. The Kier molecular flexibility index (Phi) is 8.77. The highest BCUT2D eigenvalue weighted by atomic mass is 35.5. The van der Waals surface area contributed by atoms with Crippen LogP contribution in [0.15, 0.2) is 24.3 Å². The molecule has 0 fully saturated rings. The Morgan fingerprint density at radius 3 is 2.43 bits per heavy atom. The Labute approximate surface area is 141 Å². The van der Waals surface area contributed by atoms with Crippen molar-refractivity contribution in [3.63, 3.8) is 0 Å². The average molecular weight is 365 g/mol. The minimum Gasteiger partial charge on any atom is -0.351 e. The van der Waals surface area contributed by atoms with Crippen molar-refractivity contribution in [2.75, 3.05) is 38.3 Å². The number of halogens is 1. The van der Waals surface area contributed by atoms with E-state index in [-0.39, 0.29) is 30.4 Å². The molecule has 0 aliphatic rings.